The number of aromatic nitrogens is 1. The Morgan fingerprint density at radius 3 is 2.94 bits per heavy atom. The number of benzene rings is 1. The van der Waals surface area contributed by atoms with Gasteiger partial charge in [0.2, 0.25) is 0 Å². The third-order valence-electron chi connectivity index (χ3n) is 2.80. The molecule has 0 aliphatic carbocycles. The van der Waals surface area contributed by atoms with Gasteiger partial charge in [-0.1, -0.05) is 6.07 Å². The van der Waals surface area contributed by atoms with Crippen LogP contribution in [0.3, 0.4) is 0 Å². The first-order valence-corrected chi connectivity index (χ1v) is 5.44. The molecule has 0 fully saturated rings. The summed E-state index contributed by atoms with van der Waals surface area (Å²) in [6.07, 6.45) is 0.504. The number of nitro benzene ring substituents is 1. The van der Waals surface area contributed by atoms with Crippen LogP contribution in [-0.2, 0) is 16.0 Å². The molecule has 0 amide bonds. The average Bonchev–Trinajstić information content (AvgIpc) is 2.74. The van der Waals surface area contributed by atoms with E-state index in [0.29, 0.717) is 18.4 Å². The summed E-state index contributed by atoms with van der Waals surface area (Å²) >= 11 is 0. The minimum Gasteiger partial charge on any atom is -0.467 e. The van der Waals surface area contributed by atoms with E-state index in [1.165, 1.54) is 6.07 Å². The van der Waals surface area contributed by atoms with Crippen LogP contribution in [0.5, 0.6) is 0 Å². The first-order chi connectivity index (χ1) is 8.63. The largest absolute Gasteiger partial charge is 0.467 e. The van der Waals surface area contributed by atoms with Crippen LogP contribution in [0.1, 0.15) is 11.3 Å². The molecule has 1 heterocycles. The number of aryl methyl sites for hydroxylation is 1. The highest BCUT2D eigenvalue weighted by Crippen LogP contribution is 2.28. The van der Waals surface area contributed by atoms with E-state index in [4.69, 9.17) is 0 Å². The number of ether oxygens (including phenoxy) is 1. The smallest absolute Gasteiger partial charge is 0.293 e. The number of nitro groups is 1. The van der Waals surface area contributed by atoms with Crippen LogP contribution in [0.2, 0.25) is 0 Å². The van der Waals surface area contributed by atoms with Crippen LogP contribution in [-0.4, -0.2) is 23.0 Å². The van der Waals surface area contributed by atoms with Crippen molar-refractivity contribution in [2.45, 2.75) is 13.3 Å². The molecule has 1 N–H and O–H groups in total. The molecule has 0 saturated carbocycles. The van der Waals surface area contributed by atoms with Crippen molar-refractivity contribution in [1.82, 2.24) is 4.98 Å². The van der Waals surface area contributed by atoms with Gasteiger partial charge in [0.1, 0.15) is 5.52 Å². The molecule has 0 bridgehead atoms. The summed E-state index contributed by atoms with van der Waals surface area (Å²) in [5.41, 5.74) is 2.35. The molecular formula is C12H12N2O4. The normalized spacial score (nSPS) is 10.5. The van der Waals surface area contributed by atoms with E-state index in [9.17, 15) is 14.9 Å². The van der Waals surface area contributed by atoms with E-state index >= 15 is 0 Å². The van der Waals surface area contributed by atoms with Crippen LogP contribution >= 0.6 is 0 Å². The Labute approximate surface area is 103 Å². The summed E-state index contributed by atoms with van der Waals surface area (Å²) in [6, 6.07) is 5.06. The summed E-state index contributed by atoms with van der Waals surface area (Å²) in [5, 5.41) is 11.7. The number of nitrogens with zero attached hydrogens (tertiary/aromatic N) is 1. The van der Waals surface area contributed by atoms with Gasteiger partial charge in [0, 0.05) is 23.6 Å². The van der Waals surface area contributed by atoms with Crippen molar-refractivity contribution in [2.24, 2.45) is 0 Å². The Bertz CT molecular complexity index is 603. The zero-order chi connectivity index (χ0) is 13.1. The quantitative estimate of drug-likeness (QED) is 0.380. The van der Waals surface area contributed by atoms with Crippen molar-refractivity contribution >= 4 is 23.1 Å². The van der Waals surface area contributed by atoms with E-state index in [2.05, 4.69) is 9.72 Å². The topological polar surface area (TPSA) is 85.2 Å². The van der Waals surface area contributed by atoms with E-state index in [1.807, 2.05) is 13.0 Å². The lowest BCUT2D eigenvalue weighted by Crippen LogP contribution is -1.96. The molecule has 6 nitrogen and oxygen atoms in total. The van der Waals surface area contributed by atoms with Gasteiger partial charge in [-0.2, -0.15) is 0 Å². The summed E-state index contributed by atoms with van der Waals surface area (Å²) in [4.78, 5) is 23.5. The fourth-order valence-electron chi connectivity index (χ4n) is 1.90. The Hall–Kier alpha value is -2.37. The monoisotopic (exact) mass is 248 g/mol. The van der Waals surface area contributed by atoms with E-state index in [1.54, 1.807) is 6.07 Å². The van der Waals surface area contributed by atoms with Crippen molar-refractivity contribution in [3.63, 3.8) is 0 Å². The van der Waals surface area contributed by atoms with Crippen LogP contribution in [0.4, 0.5) is 5.69 Å². The number of aromatic amines is 1. The highest BCUT2D eigenvalue weighted by Gasteiger charge is 2.15. The summed E-state index contributed by atoms with van der Waals surface area (Å²) < 4.78 is 4.61. The van der Waals surface area contributed by atoms with E-state index in [0.717, 1.165) is 16.6 Å². The Balaban J connectivity index is 2.42. The summed E-state index contributed by atoms with van der Waals surface area (Å²) in [5.74, 6) is 0. The lowest BCUT2D eigenvalue weighted by Gasteiger charge is -1.96. The molecule has 0 atom stereocenters. The number of fused-ring (bicyclic) bond motifs is 1. The van der Waals surface area contributed by atoms with Gasteiger partial charge in [0.25, 0.3) is 12.2 Å². The van der Waals surface area contributed by atoms with E-state index in [-0.39, 0.29) is 12.3 Å². The predicted molar refractivity (Wildman–Crippen MR) is 65.4 cm³/mol. The lowest BCUT2D eigenvalue weighted by molar-refractivity contribution is -0.383. The molecule has 0 spiro atoms. The molecule has 0 saturated heterocycles. The number of H-pyrrole nitrogens is 1. The maximum Gasteiger partial charge on any atom is 0.293 e. The van der Waals surface area contributed by atoms with Gasteiger partial charge >= 0.3 is 0 Å². The van der Waals surface area contributed by atoms with Gasteiger partial charge in [-0.05, 0) is 18.6 Å². The molecule has 0 aliphatic rings. The number of carbonyl (C=O) groups is 1. The van der Waals surface area contributed by atoms with Gasteiger partial charge in [-0.3, -0.25) is 14.9 Å². The Morgan fingerprint density at radius 2 is 2.28 bits per heavy atom. The molecule has 6 heteroatoms. The van der Waals surface area contributed by atoms with Crippen LogP contribution in [0, 0.1) is 17.0 Å². The molecule has 0 unspecified atom stereocenters. The van der Waals surface area contributed by atoms with Gasteiger partial charge < -0.3 is 9.72 Å². The predicted octanol–water partition coefficient (Wildman–Crippen LogP) is 2.10. The molecule has 2 aromatic rings. The standard InChI is InChI=1S/C12H12N2O4/c1-8-2-3-11(14(16)17)12-10(8)6-9(13-12)4-5-18-7-15/h2-3,6-7,13H,4-5H2,1H3. The number of hydrogen-bond donors (Lipinski definition) is 1. The first-order valence-electron chi connectivity index (χ1n) is 5.44. The highest BCUT2D eigenvalue weighted by molar-refractivity contribution is 5.91. The number of non-ortho nitro benzene ring substituents is 1. The third-order valence-corrected chi connectivity index (χ3v) is 2.80. The number of hydrogen-bond acceptors (Lipinski definition) is 4. The summed E-state index contributed by atoms with van der Waals surface area (Å²) in [7, 11) is 0. The maximum absolute atomic E-state index is 10.9. The van der Waals surface area contributed by atoms with Crippen LogP contribution in [0.15, 0.2) is 18.2 Å². The third kappa shape index (κ3) is 2.17. The average molecular weight is 248 g/mol. The second kappa shape index (κ2) is 4.87. The fourth-order valence-corrected chi connectivity index (χ4v) is 1.90. The van der Waals surface area contributed by atoms with Crippen LogP contribution < -0.4 is 0 Å². The molecular weight excluding hydrogens is 236 g/mol. The molecule has 0 aliphatic heterocycles. The first kappa shape index (κ1) is 12.1. The minimum absolute atomic E-state index is 0.0538. The second-order valence-electron chi connectivity index (χ2n) is 3.96. The van der Waals surface area contributed by atoms with Crippen molar-refractivity contribution in [2.75, 3.05) is 6.61 Å². The summed E-state index contributed by atoms with van der Waals surface area (Å²) in [6.45, 7) is 2.53. The van der Waals surface area contributed by atoms with E-state index < -0.39 is 4.92 Å². The van der Waals surface area contributed by atoms with Gasteiger partial charge in [0.05, 0.1) is 11.5 Å². The number of rotatable bonds is 5. The molecule has 18 heavy (non-hydrogen) atoms. The van der Waals surface area contributed by atoms with Gasteiger partial charge in [0.15, 0.2) is 0 Å². The molecule has 94 valence electrons. The van der Waals surface area contributed by atoms with Gasteiger partial charge in [-0.15, -0.1) is 0 Å². The molecule has 2 rings (SSSR count). The molecule has 1 aromatic heterocycles. The lowest BCUT2D eigenvalue weighted by atomic mass is 10.1. The molecule has 1 aromatic carbocycles. The van der Waals surface area contributed by atoms with Crippen molar-refractivity contribution < 1.29 is 14.5 Å². The highest BCUT2D eigenvalue weighted by atomic mass is 16.6. The number of nitrogens with one attached hydrogen (secondary N) is 1. The Kier molecular flexibility index (Phi) is 3.27. The zero-order valence-corrected chi connectivity index (χ0v) is 9.80. The second-order valence-corrected chi connectivity index (χ2v) is 3.96. The van der Waals surface area contributed by atoms with Crippen molar-refractivity contribution in [1.29, 1.82) is 0 Å². The SMILES string of the molecule is Cc1ccc([N+](=O)[O-])c2[nH]c(CCOC=O)cc12. The fraction of sp³-hybridized carbons (Fsp3) is 0.250. The molecule has 0 radical (unpaired) electrons. The van der Waals surface area contributed by atoms with Crippen molar-refractivity contribution in [3.8, 4) is 0 Å². The Morgan fingerprint density at radius 1 is 1.50 bits per heavy atom. The minimum atomic E-state index is -0.413. The maximum atomic E-state index is 10.9. The van der Waals surface area contributed by atoms with Crippen molar-refractivity contribution in [3.05, 3.63) is 39.6 Å². The van der Waals surface area contributed by atoms with Crippen LogP contribution in [0.25, 0.3) is 10.9 Å². The van der Waals surface area contributed by atoms with Gasteiger partial charge in [-0.25, -0.2) is 0 Å². The zero-order valence-electron chi connectivity index (χ0n) is 9.80. The number of carbonyl (C=O) groups excluding carboxylic acids is 1.